The molecule has 0 saturated carbocycles. The van der Waals surface area contributed by atoms with Gasteiger partial charge >= 0.3 is 0 Å². The molecule has 0 bridgehead atoms. The van der Waals surface area contributed by atoms with E-state index < -0.39 is 0 Å². The molecule has 0 aromatic carbocycles. The fraction of sp³-hybridized carbons (Fsp3) is 0.769. The molecular formula is C13H23ClN4. The molecule has 1 saturated heterocycles. The van der Waals surface area contributed by atoms with E-state index in [1.807, 2.05) is 11.6 Å². The summed E-state index contributed by atoms with van der Waals surface area (Å²) in [4.78, 5) is 6.93. The number of aromatic nitrogens is 2. The van der Waals surface area contributed by atoms with E-state index >= 15 is 0 Å². The van der Waals surface area contributed by atoms with Crippen LogP contribution in [0, 0.1) is 0 Å². The Labute approximate surface area is 114 Å². The van der Waals surface area contributed by atoms with Crippen molar-refractivity contribution in [3.8, 4) is 0 Å². The standard InChI is InChI=1S/C13H23ClN4/c1-3-15-8-11-6-4-5-7-18(11)10-13-16-9-12(14)17(13)2/h9,11,15H,3-8,10H2,1-2H3. The Bertz CT molecular complexity index is 377. The van der Waals surface area contributed by atoms with Gasteiger partial charge in [0.05, 0.1) is 12.7 Å². The molecule has 0 aliphatic carbocycles. The summed E-state index contributed by atoms with van der Waals surface area (Å²) < 4.78 is 1.97. The average Bonchev–Trinajstić information content (AvgIpc) is 2.70. The van der Waals surface area contributed by atoms with Gasteiger partial charge in [-0.05, 0) is 25.9 Å². The van der Waals surface area contributed by atoms with Gasteiger partial charge in [-0.2, -0.15) is 0 Å². The van der Waals surface area contributed by atoms with Crippen molar-refractivity contribution in [1.29, 1.82) is 0 Å². The maximum Gasteiger partial charge on any atom is 0.128 e. The predicted octanol–water partition coefficient (Wildman–Crippen LogP) is 2.04. The molecule has 1 aromatic rings. The van der Waals surface area contributed by atoms with Crippen molar-refractivity contribution >= 4 is 11.6 Å². The summed E-state index contributed by atoms with van der Waals surface area (Å²) in [5, 5.41) is 4.17. The summed E-state index contributed by atoms with van der Waals surface area (Å²) in [5.74, 6) is 1.06. The van der Waals surface area contributed by atoms with Gasteiger partial charge in [0.2, 0.25) is 0 Å². The van der Waals surface area contributed by atoms with Gasteiger partial charge in [0.15, 0.2) is 0 Å². The Balaban J connectivity index is 1.98. The molecule has 1 atom stereocenters. The van der Waals surface area contributed by atoms with Gasteiger partial charge in [0.25, 0.3) is 0 Å². The molecule has 1 N–H and O–H groups in total. The molecular weight excluding hydrogens is 248 g/mol. The summed E-state index contributed by atoms with van der Waals surface area (Å²) in [6.45, 7) is 6.35. The number of rotatable bonds is 5. The van der Waals surface area contributed by atoms with Crippen LogP contribution >= 0.6 is 11.6 Å². The van der Waals surface area contributed by atoms with E-state index in [0.717, 1.165) is 25.5 Å². The number of halogens is 1. The van der Waals surface area contributed by atoms with Crippen LogP contribution in [0.5, 0.6) is 0 Å². The van der Waals surface area contributed by atoms with E-state index in [0.29, 0.717) is 11.2 Å². The fourth-order valence-corrected chi connectivity index (χ4v) is 2.71. The molecule has 4 nitrogen and oxygen atoms in total. The van der Waals surface area contributed by atoms with Crippen LogP contribution in [0.2, 0.25) is 5.15 Å². The monoisotopic (exact) mass is 270 g/mol. The molecule has 0 spiro atoms. The average molecular weight is 271 g/mol. The highest BCUT2D eigenvalue weighted by molar-refractivity contribution is 6.29. The molecule has 0 amide bonds. The lowest BCUT2D eigenvalue weighted by atomic mass is 10.0. The number of nitrogens with one attached hydrogen (secondary N) is 1. The van der Waals surface area contributed by atoms with Gasteiger partial charge < -0.3 is 9.88 Å². The first-order chi connectivity index (χ1) is 8.72. The Morgan fingerprint density at radius 1 is 1.50 bits per heavy atom. The molecule has 5 heteroatoms. The SMILES string of the molecule is CCNCC1CCCCN1Cc1ncc(Cl)n1C. The molecule has 2 heterocycles. The minimum absolute atomic E-state index is 0.633. The summed E-state index contributed by atoms with van der Waals surface area (Å²) in [6.07, 6.45) is 5.65. The highest BCUT2D eigenvalue weighted by Crippen LogP contribution is 2.20. The van der Waals surface area contributed by atoms with Crippen LogP contribution in [0.4, 0.5) is 0 Å². The first-order valence-electron chi connectivity index (χ1n) is 6.83. The van der Waals surface area contributed by atoms with Gasteiger partial charge in [0.1, 0.15) is 11.0 Å². The number of likely N-dealkylation sites (N-methyl/N-ethyl adjacent to an activating group) is 1. The Hall–Kier alpha value is -0.580. The van der Waals surface area contributed by atoms with Crippen LogP contribution in [0.15, 0.2) is 6.20 Å². The van der Waals surface area contributed by atoms with Crippen molar-refractivity contribution < 1.29 is 0 Å². The summed E-state index contributed by atoms with van der Waals surface area (Å²) in [6, 6.07) is 0.633. The molecule has 1 fully saturated rings. The zero-order valence-corrected chi connectivity index (χ0v) is 12.1. The smallest absolute Gasteiger partial charge is 0.128 e. The van der Waals surface area contributed by atoms with E-state index in [1.165, 1.54) is 25.8 Å². The zero-order chi connectivity index (χ0) is 13.0. The van der Waals surface area contributed by atoms with Crippen LogP contribution in [-0.4, -0.2) is 40.1 Å². The molecule has 1 unspecified atom stereocenters. The first-order valence-corrected chi connectivity index (χ1v) is 7.21. The van der Waals surface area contributed by atoms with Crippen LogP contribution in [0.1, 0.15) is 32.0 Å². The van der Waals surface area contributed by atoms with Gasteiger partial charge in [0, 0.05) is 19.6 Å². The lowest BCUT2D eigenvalue weighted by Crippen LogP contribution is -2.45. The number of hydrogen-bond acceptors (Lipinski definition) is 3. The second-order valence-corrected chi connectivity index (χ2v) is 5.37. The molecule has 2 rings (SSSR count). The van der Waals surface area contributed by atoms with E-state index in [2.05, 4.69) is 22.1 Å². The number of nitrogens with zero attached hydrogens (tertiary/aromatic N) is 3. The van der Waals surface area contributed by atoms with Crippen LogP contribution in [0.25, 0.3) is 0 Å². The number of likely N-dealkylation sites (tertiary alicyclic amines) is 1. The number of imidazole rings is 1. The molecule has 18 heavy (non-hydrogen) atoms. The minimum atomic E-state index is 0.633. The maximum atomic E-state index is 6.04. The summed E-state index contributed by atoms with van der Waals surface area (Å²) in [7, 11) is 1.98. The molecule has 0 radical (unpaired) electrons. The molecule has 1 aliphatic heterocycles. The van der Waals surface area contributed by atoms with E-state index in [4.69, 9.17) is 11.6 Å². The van der Waals surface area contributed by atoms with Gasteiger partial charge in [-0.3, -0.25) is 4.90 Å². The summed E-state index contributed by atoms with van der Waals surface area (Å²) in [5.41, 5.74) is 0. The van der Waals surface area contributed by atoms with E-state index in [1.54, 1.807) is 6.20 Å². The minimum Gasteiger partial charge on any atom is -0.321 e. The van der Waals surface area contributed by atoms with Crippen molar-refractivity contribution in [2.75, 3.05) is 19.6 Å². The normalized spacial score (nSPS) is 21.4. The van der Waals surface area contributed by atoms with Crippen LogP contribution in [-0.2, 0) is 13.6 Å². The molecule has 102 valence electrons. The summed E-state index contributed by atoms with van der Waals surface area (Å²) >= 11 is 6.04. The maximum absolute atomic E-state index is 6.04. The highest BCUT2D eigenvalue weighted by Gasteiger charge is 2.23. The second kappa shape index (κ2) is 6.55. The third kappa shape index (κ3) is 3.25. The first kappa shape index (κ1) is 13.8. The third-order valence-electron chi connectivity index (χ3n) is 3.75. The Morgan fingerprint density at radius 3 is 3.00 bits per heavy atom. The van der Waals surface area contributed by atoms with Crippen molar-refractivity contribution in [3.05, 3.63) is 17.2 Å². The topological polar surface area (TPSA) is 33.1 Å². The molecule has 1 aliphatic rings. The second-order valence-electron chi connectivity index (χ2n) is 4.98. The lowest BCUT2D eigenvalue weighted by molar-refractivity contribution is 0.133. The van der Waals surface area contributed by atoms with Crippen molar-refractivity contribution in [2.45, 2.75) is 38.8 Å². The van der Waals surface area contributed by atoms with Gasteiger partial charge in [-0.25, -0.2) is 4.98 Å². The lowest BCUT2D eigenvalue weighted by Gasteiger charge is -2.35. The highest BCUT2D eigenvalue weighted by atomic mass is 35.5. The quantitative estimate of drug-likeness (QED) is 0.889. The van der Waals surface area contributed by atoms with E-state index in [9.17, 15) is 0 Å². The van der Waals surface area contributed by atoms with Crippen LogP contribution in [0.3, 0.4) is 0 Å². The van der Waals surface area contributed by atoms with Gasteiger partial charge in [-0.15, -0.1) is 0 Å². The number of hydrogen-bond donors (Lipinski definition) is 1. The van der Waals surface area contributed by atoms with Crippen LogP contribution < -0.4 is 5.32 Å². The fourth-order valence-electron chi connectivity index (χ4n) is 2.56. The van der Waals surface area contributed by atoms with Crippen molar-refractivity contribution in [2.24, 2.45) is 7.05 Å². The van der Waals surface area contributed by atoms with Gasteiger partial charge in [-0.1, -0.05) is 24.9 Å². The largest absolute Gasteiger partial charge is 0.321 e. The predicted molar refractivity (Wildman–Crippen MR) is 74.8 cm³/mol. The van der Waals surface area contributed by atoms with E-state index in [-0.39, 0.29) is 0 Å². The Morgan fingerprint density at radius 2 is 2.33 bits per heavy atom. The third-order valence-corrected chi connectivity index (χ3v) is 4.10. The molecule has 1 aromatic heterocycles. The van der Waals surface area contributed by atoms with Crippen molar-refractivity contribution in [3.63, 3.8) is 0 Å². The Kier molecular flexibility index (Phi) is 5.03. The van der Waals surface area contributed by atoms with Crippen molar-refractivity contribution in [1.82, 2.24) is 19.8 Å². The number of piperidine rings is 1. The zero-order valence-electron chi connectivity index (χ0n) is 11.3.